The Balaban J connectivity index is 1.38. The van der Waals surface area contributed by atoms with Crippen molar-refractivity contribution in [2.75, 3.05) is 18.0 Å². The number of rotatable bonds is 2. The molecular weight excluding hydrogens is 488 g/mol. The molecule has 5 rings (SSSR count). The van der Waals surface area contributed by atoms with Gasteiger partial charge < -0.3 is 4.90 Å². The zero-order valence-corrected chi connectivity index (χ0v) is 18.6. The normalized spacial score (nSPS) is 36.9. The monoisotopic (exact) mass is 508 g/mol. The summed E-state index contributed by atoms with van der Waals surface area (Å²) in [5, 5.41) is 0. The summed E-state index contributed by atoms with van der Waals surface area (Å²) < 4.78 is 0. The van der Waals surface area contributed by atoms with E-state index in [0.717, 1.165) is 32.4 Å². The van der Waals surface area contributed by atoms with Gasteiger partial charge in [-0.25, -0.2) is 0 Å². The van der Waals surface area contributed by atoms with E-state index in [9.17, 15) is 14.4 Å². The number of halogens is 2. The maximum Gasteiger partial charge on any atom is 0.253 e. The third-order valence-electron chi connectivity index (χ3n) is 7.00. The van der Waals surface area contributed by atoms with Crippen LogP contribution in [-0.4, -0.2) is 45.4 Å². The fourth-order valence-electron chi connectivity index (χ4n) is 5.64. The zero-order valence-electron chi connectivity index (χ0n) is 15.4. The molecule has 4 fully saturated rings. The van der Waals surface area contributed by atoms with E-state index in [4.69, 9.17) is 0 Å². The minimum absolute atomic E-state index is 0.0319. The molecule has 3 amide bonds. The van der Waals surface area contributed by atoms with Crippen LogP contribution in [0.5, 0.6) is 0 Å². The van der Waals surface area contributed by atoms with Gasteiger partial charge in [-0.05, 0) is 61.8 Å². The second-order valence-corrected chi connectivity index (χ2v) is 10.5. The average Bonchev–Trinajstić information content (AvgIpc) is 3.33. The van der Waals surface area contributed by atoms with Crippen LogP contribution in [0.15, 0.2) is 24.3 Å². The number of benzene rings is 1. The molecule has 0 aromatic heterocycles. The fourth-order valence-corrected chi connectivity index (χ4v) is 7.51. The molecule has 2 aliphatic heterocycles. The van der Waals surface area contributed by atoms with Crippen molar-refractivity contribution in [1.29, 1.82) is 0 Å². The van der Waals surface area contributed by atoms with Crippen molar-refractivity contribution in [2.45, 2.75) is 35.3 Å². The number of nitrogens with zero attached hydrogens (tertiary/aromatic N) is 2. The molecule has 148 valence electrons. The van der Waals surface area contributed by atoms with E-state index in [1.165, 1.54) is 11.3 Å². The lowest BCUT2D eigenvalue weighted by Crippen LogP contribution is -2.37. The SMILES string of the molecule is O=C(c1ccc(N2C(=O)[C@@H]3[C@H]4C[C@@H]([C@H](Br)[C@@H]4Br)[C@@H]3C2=O)cc1)N1CCCCC1. The lowest BCUT2D eigenvalue weighted by Gasteiger charge is -2.28. The molecule has 4 aliphatic rings. The van der Waals surface area contributed by atoms with Crippen molar-refractivity contribution in [3.63, 3.8) is 0 Å². The number of anilines is 1. The second kappa shape index (κ2) is 6.94. The molecular formula is C21H22Br2N2O3. The molecule has 1 aromatic rings. The maximum absolute atomic E-state index is 13.1. The van der Waals surface area contributed by atoms with E-state index in [1.54, 1.807) is 24.3 Å². The molecule has 2 saturated heterocycles. The van der Waals surface area contributed by atoms with Crippen LogP contribution in [0.3, 0.4) is 0 Å². The Kier molecular flexibility index (Phi) is 4.66. The highest BCUT2D eigenvalue weighted by molar-refractivity contribution is 9.12. The van der Waals surface area contributed by atoms with Crippen LogP contribution in [0.4, 0.5) is 5.69 Å². The van der Waals surface area contributed by atoms with Gasteiger partial charge >= 0.3 is 0 Å². The van der Waals surface area contributed by atoms with Crippen LogP contribution in [0, 0.1) is 23.7 Å². The summed E-state index contributed by atoms with van der Waals surface area (Å²) in [6.45, 7) is 1.61. The van der Waals surface area contributed by atoms with E-state index in [-0.39, 0.29) is 51.0 Å². The Labute approximate surface area is 181 Å². The van der Waals surface area contributed by atoms with Gasteiger partial charge in [-0.1, -0.05) is 31.9 Å². The van der Waals surface area contributed by atoms with Crippen molar-refractivity contribution < 1.29 is 14.4 Å². The Morgan fingerprint density at radius 3 is 1.93 bits per heavy atom. The third-order valence-corrected chi connectivity index (χ3v) is 10.2. The summed E-state index contributed by atoms with van der Waals surface area (Å²) in [6, 6.07) is 6.98. The van der Waals surface area contributed by atoms with Crippen molar-refractivity contribution in [2.24, 2.45) is 23.7 Å². The Morgan fingerprint density at radius 2 is 1.39 bits per heavy atom. The number of hydrogen-bond donors (Lipinski definition) is 0. The smallest absolute Gasteiger partial charge is 0.253 e. The van der Waals surface area contributed by atoms with Crippen LogP contribution in [0.1, 0.15) is 36.0 Å². The highest BCUT2D eigenvalue weighted by Crippen LogP contribution is 2.60. The number of carbonyl (C=O) groups excluding carboxylic acids is 3. The van der Waals surface area contributed by atoms with E-state index in [2.05, 4.69) is 31.9 Å². The van der Waals surface area contributed by atoms with Crippen molar-refractivity contribution in [3.8, 4) is 0 Å². The molecule has 0 spiro atoms. The van der Waals surface area contributed by atoms with Gasteiger partial charge in [0.15, 0.2) is 0 Å². The number of hydrogen-bond acceptors (Lipinski definition) is 3. The molecule has 5 nitrogen and oxygen atoms in total. The third kappa shape index (κ3) is 2.65. The molecule has 0 radical (unpaired) electrons. The number of piperidine rings is 1. The number of imide groups is 1. The predicted octanol–water partition coefficient (Wildman–Crippen LogP) is 3.60. The number of fused-ring (bicyclic) bond motifs is 5. The number of carbonyl (C=O) groups is 3. The Hall–Kier alpha value is -1.21. The highest BCUT2D eigenvalue weighted by atomic mass is 79.9. The van der Waals surface area contributed by atoms with Gasteiger partial charge in [-0.2, -0.15) is 0 Å². The molecule has 2 bridgehead atoms. The van der Waals surface area contributed by atoms with Crippen molar-refractivity contribution in [3.05, 3.63) is 29.8 Å². The summed E-state index contributed by atoms with van der Waals surface area (Å²) in [4.78, 5) is 42.6. The maximum atomic E-state index is 13.1. The standard InChI is InChI=1S/C21H22Br2N2O3/c22-17-13-10-14(18(17)23)16-15(13)20(27)25(21(16)28)12-6-4-11(5-7-12)19(26)24-8-2-1-3-9-24/h4-7,13-18H,1-3,8-10H2/t13-,14-,15-,16+,17-,18+/m1/s1. The van der Waals surface area contributed by atoms with E-state index < -0.39 is 0 Å². The summed E-state index contributed by atoms with van der Waals surface area (Å²) in [6.07, 6.45) is 4.20. The van der Waals surface area contributed by atoms with Gasteiger partial charge in [-0.3, -0.25) is 19.3 Å². The lowest BCUT2D eigenvalue weighted by molar-refractivity contribution is -0.123. The average molecular weight is 510 g/mol. The van der Waals surface area contributed by atoms with E-state index >= 15 is 0 Å². The summed E-state index contributed by atoms with van der Waals surface area (Å²) >= 11 is 7.43. The first-order valence-electron chi connectivity index (χ1n) is 10.0. The zero-order chi connectivity index (χ0) is 19.6. The lowest BCUT2D eigenvalue weighted by atomic mass is 9.81. The van der Waals surface area contributed by atoms with Crippen LogP contribution in [0.25, 0.3) is 0 Å². The van der Waals surface area contributed by atoms with Crippen LogP contribution >= 0.6 is 31.9 Å². The van der Waals surface area contributed by atoms with E-state index in [1.807, 2.05) is 4.90 Å². The van der Waals surface area contributed by atoms with Gasteiger partial charge in [0, 0.05) is 28.3 Å². The highest BCUT2D eigenvalue weighted by Gasteiger charge is 2.66. The minimum atomic E-state index is -0.217. The summed E-state index contributed by atoms with van der Waals surface area (Å²) in [5.74, 6) is -0.148. The summed E-state index contributed by atoms with van der Waals surface area (Å²) in [7, 11) is 0. The number of alkyl halides is 2. The van der Waals surface area contributed by atoms with Crippen LogP contribution in [-0.2, 0) is 9.59 Å². The predicted molar refractivity (Wildman–Crippen MR) is 113 cm³/mol. The Morgan fingerprint density at radius 1 is 0.857 bits per heavy atom. The first-order valence-corrected chi connectivity index (χ1v) is 11.9. The molecule has 6 atom stereocenters. The second-order valence-electron chi connectivity index (χ2n) is 8.42. The molecule has 28 heavy (non-hydrogen) atoms. The van der Waals surface area contributed by atoms with Crippen LogP contribution in [0.2, 0.25) is 0 Å². The quantitative estimate of drug-likeness (QED) is 0.452. The fraction of sp³-hybridized carbons (Fsp3) is 0.571. The van der Waals surface area contributed by atoms with Gasteiger partial charge in [0.05, 0.1) is 17.5 Å². The van der Waals surface area contributed by atoms with Crippen molar-refractivity contribution >= 4 is 55.3 Å². The number of amides is 3. The molecule has 0 unspecified atom stereocenters. The van der Waals surface area contributed by atoms with Gasteiger partial charge in [0.1, 0.15) is 0 Å². The Bertz CT molecular complexity index is 805. The van der Waals surface area contributed by atoms with Gasteiger partial charge in [-0.15, -0.1) is 0 Å². The number of likely N-dealkylation sites (tertiary alicyclic amines) is 1. The minimum Gasteiger partial charge on any atom is -0.339 e. The summed E-state index contributed by atoms with van der Waals surface area (Å²) in [5.41, 5.74) is 1.20. The first kappa shape index (κ1) is 18.8. The van der Waals surface area contributed by atoms with E-state index in [0.29, 0.717) is 11.3 Å². The topological polar surface area (TPSA) is 57.7 Å². The molecule has 2 aliphatic carbocycles. The van der Waals surface area contributed by atoms with Crippen molar-refractivity contribution in [1.82, 2.24) is 4.90 Å². The first-order chi connectivity index (χ1) is 13.5. The molecule has 2 saturated carbocycles. The molecule has 7 heteroatoms. The molecule has 0 N–H and O–H groups in total. The van der Waals surface area contributed by atoms with Gasteiger partial charge in [0.2, 0.25) is 11.8 Å². The van der Waals surface area contributed by atoms with Gasteiger partial charge in [0.25, 0.3) is 5.91 Å². The molecule has 2 heterocycles. The van der Waals surface area contributed by atoms with Crippen LogP contribution < -0.4 is 4.90 Å². The molecule has 1 aromatic carbocycles. The largest absolute Gasteiger partial charge is 0.339 e.